The first-order valence-corrected chi connectivity index (χ1v) is 11.7. The van der Waals surface area contributed by atoms with Crippen LogP contribution in [0.4, 0.5) is 0 Å². The number of halogens is 1. The van der Waals surface area contributed by atoms with Crippen LogP contribution in [0.15, 0.2) is 35.3 Å². The topological polar surface area (TPSA) is 42.9 Å². The molecular formula is C24H44IN5. The third-order valence-electron chi connectivity index (χ3n) is 5.97. The van der Waals surface area contributed by atoms with Gasteiger partial charge in [-0.1, -0.05) is 44.2 Å². The molecule has 2 unspecified atom stereocenters. The van der Waals surface area contributed by atoms with Crippen LogP contribution in [0.5, 0.6) is 0 Å². The fourth-order valence-corrected chi connectivity index (χ4v) is 4.10. The van der Waals surface area contributed by atoms with E-state index in [0.29, 0.717) is 12.1 Å². The number of piperidine rings is 1. The Hall–Kier alpha value is -0.860. The summed E-state index contributed by atoms with van der Waals surface area (Å²) in [6.07, 6.45) is 4.71. The SMILES string of the molecule is CCNC(=NCCCCN(CC)CC)NC1CCN(Cc2ccccc2)C(C)C1.I. The minimum Gasteiger partial charge on any atom is -0.357 e. The smallest absolute Gasteiger partial charge is 0.191 e. The third kappa shape index (κ3) is 9.96. The molecule has 1 heterocycles. The van der Waals surface area contributed by atoms with Gasteiger partial charge in [-0.2, -0.15) is 0 Å². The van der Waals surface area contributed by atoms with E-state index in [9.17, 15) is 0 Å². The second-order valence-electron chi connectivity index (χ2n) is 8.17. The molecule has 30 heavy (non-hydrogen) atoms. The van der Waals surface area contributed by atoms with Gasteiger partial charge in [0.2, 0.25) is 0 Å². The molecule has 0 radical (unpaired) electrons. The van der Waals surface area contributed by atoms with Crippen LogP contribution in [0.25, 0.3) is 0 Å². The predicted molar refractivity (Wildman–Crippen MR) is 141 cm³/mol. The maximum atomic E-state index is 4.83. The second-order valence-corrected chi connectivity index (χ2v) is 8.17. The first-order valence-electron chi connectivity index (χ1n) is 11.7. The molecule has 1 aromatic rings. The lowest BCUT2D eigenvalue weighted by molar-refractivity contribution is 0.134. The zero-order valence-electron chi connectivity index (χ0n) is 19.6. The van der Waals surface area contributed by atoms with Crippen LogP contribution in [0.2, 0.25) is 0 Å². The lowest BCUT2D eigenvalue weighted by atomic mass is 9.97. The van der Waals surface area contributed by atoms with E-state index in [4.69, 9.17) is 4.99 Å². The number of likely N-dealkylation sites (tertiary alicyclic amines) is 1. The van der Waals surface area contributed by atoms with Crippen LogP contribution in [0, 0.1) is 0 Å². The minimum atomic E-state index is 0. The highest BCUT2D eigenvalue weighted by Gasteiger charge is 2.25. The van der Waals surface area contributed by atoms with Crippen molar-refractivity contribution in [3.8, 4) is 0 Å². The van der Waals surface area contributed by atoms with E-state index in [2.05, 4.69) is 78.5 Å². The molecule has 1 aliphatic rings. The van der Waals surface area contributed by atoms with Gasteiger partial charge in [-0.05, 0) is 64.7 Å². The van der Waals surface area contributed by atoms with Crippen LogP contribution in [0.1, 0.15) is 58.9 Å². The first kappa shape index (κ1) is 27.2. The Balaban J connectivity index is 0.00000450. The average molecular weight is 530 g/mol. The van der Waals surface area contributed by atoms with Gasteiger partial charge in [-0.3, -0.25) is 9.89 Å². The number of rotatable bonds is 11. The molecule has 0 aliphatic carbocycles. The summed E-state index contributed by atoms with van der Waals surface area (Å²) in [7, 11) is 0. The lowest BCUT2D eigenvalue weighted by Crippen LogP contribution is -2.51. The number of guanidine groups is 1. The van der Waals surface area contributed by atoms with Crippen molar-refractivity contribution in [2.75, 3.05) is 39.3 Å². The summed E-state index contributed by atoms with van der Waals surface area (Å²) in [5.41, 5.74) is 1.41. The molecule has 0 bridgehead atoms. The largest absolute Gasteiger partial charge is 0.357 e. The highest BCUT2D eigenvalue weighted by Crippen LogP contribution is 2.19. The van der Waals surface area contributed by atoms with Crippen molar-refractivity contribution in [3.05, 3.63) is 35.9 Å². The van der Waals surface area contributed by atoms with Gasteiger partial charge in [0, 0.05) is 38.3 Å². The Morgan fingerprint density at radius 3 is 2.50 bits per heavy atom. The molecule has 1 aromatic carbocycles. The van der Waals surface area contributed by atoms with E-state index in [-0.39, 0.29) is 24.0 Å². The Labute approximate surface area is 202 Å². The Kier molecular flexibility index (Phi) is 14.4. The highest BCUT2D eigenvalue weighted by atomic mass is 127. The molecule has 1 fully saturated rings. The quantitative estimate of drug-likeness (QED) is 0.194. The zero-order chi connectivity index (χ0) is 20.9. The van der Waals surface area contributed by atoms with Crippen molar-refractivity contribution in [1.82, 2.24) is 20.4 Å². The van der Waals surface area contributed by atoms with E-state index in [0.717, 1.165) is 51.6 Å². The zero-order valence-corrected chi connectivity index (χ0v) is 21.9. The van der Waals surface area contributed by atoms with Gasteiger partial charge in [-0.25, -0.2) is 0 Å². The van der Waals surface area contributed by atoms with Gasteiger partial charge >= 0.3 is 0 Å². The first-order chi connectivity index (χ1) is 14.2. The fourth-order valence-electron chi connectivity index (χ4n) is 4.10. The monoisotopic (exact) mass is 529 g/mol. The normalized spacial score (nSPS) is 20.1. The summed E-state index contributed by atoms with van der Waals surface area (Å²) >= 11 is 0. The predicted octanol–water partition coefficient (Wildman–Crippen LogP) is 4.33. The van der Waals surface area contributed by atoms with Crippen molar-refractivity contribution in [3.63, 3.8) is 0 Å². The standard InChI is InChI=1S/C24H43N5.HI/c1-5-25-24(26-16-11-12-17-28(6-2)7-3)27-23-15-18-29(21(4)19-23)20-22-13-9-8-10-14-22;/h8-10,13-14,21,23H,5-7,11-12,15-20H2,1-4H3,(H2,25,26,27);1H. The Morgan fingerprint density at radius 2 is 1.87 bits per heavy atom. The van der Waals surface area contributed by atoms with Gasteiger partial charge < -0.3 is 15.5 Å². The van der Waals surface area contributed by atoms with E-state index in [1.54, 1.807) is 0 Å². The van der Waals surface area contributed by atoms with E-state index in [1.165, 1.54) is 31.4 Å². The molecule has 172 valence electrons. The van der Waals surface area contributed by atoms with Crippen LogP contribution >= 0.6 is 24.0 Å². The second kappa shape index (κ2) is 15.9. The molecule has 2 N–H and O–H groups in total. The molecule has 6 heteroatoms. The van der Waals surface area contributed by atoms with Crippen molar-refractivity contribution >= 4 is 29.9 Å². The van der Waals surface area contributed by atoms with Gasteiger partial charge in [0.05, 0.1) is 0 Å². The maximum absolute atomic E-state index is 4.83. The molecule has 0 saturated carbocycles. The molecule has 2 rings (SSSR count). The molecule has 0 spiro atoms. The average Bonchev–Trinajstić information content (AvgIpc) is 2.73. The maximum Gasteiger partial charge on any atom is 0.191 e. The van der Waals surface area contributed by atoms with E-state index < -0.39 is 0 Å². The molecular weight excluding hydrogens is 485 g/mol. The van der Waals surface area contributed by atoms with Crippen LogP contribution in [-0.4, -0.2) is 67.1 Å². The summed E-state index contributed by atoms with van der Waals surface area (Å²) in [6.45, 7) is 16.4. The number of aliphatic imine (C=N–C) groups is 1. The molecule has 1 aliphatic heterocycles. The van der Waals surface area contributed by atoms with Crippen molar-refractivity contribution in [2.45, 2.75) is 72.0 Å². The lowest BCUT2D eigenvalue weighted by Gasteiger charge is -2.38. The number of benzene rings is 1. The minimum absolute atomic E-state index is 0. The van der Waals surface area contributed by atoms with E-state index in [1.807, 2.05) is 0 Å². The summed E-state index contributed by atoms with van der Waals surface area (Å²) in [5.74, 6) is 0.990. The van der Waals surface area contributed by atoms with Gasteiger partial charge in [-0.15, -0.1) is 24.0 Å². The Morgan fingerprint density at radius 1 is 1.13 bits per heavy atom. The number of hydrogen-bond donors (Lipinski definition) is 2. The molecule has 2 atom stereocenters. The number of hydrogen-bond acceptors (Lipinski definition) is 3. The van der Waals surface area contributed by atoms with Crippen molar-refractivity contribution in [2.24, 2.45) is 4.99 Å². The molecule has 1 saturated heterocycles. The number of nitrogens with one attached hydrogen (secondary N) is 2. The summed E-state index contributed by atoms with van der Waals surface area (Å²) in [4.78, 5) is 9.92. The van der Waals surface area contributed by atoms with Crippen molar-refractivity contribution < 1.29 is 0 Å². The van der Waals surface area contributed by atoms with Crippen LogP contribution in [-0.2, 0) is 6.54 Å². The number of nitrogens with zero attached hydrogens (tertiary/aromatic N) is 3. The molecule has 0 amide bonds. The van der Waals surface area contributed by atoms with Gasteiger partial charge in [0.1, 0.15) is 0 Å². The third-order valence-corrected chi connectivity index (χ3v) is 5.97. The fraction of sp³-hybridized carbons (Fsp3) is 0.708. The molecule has 5 nitrogen and oxygen atoms in total. The van der Waals surface area contributed by atoms with Crippen LogP contribution < -0.4 is 10.6 Å². The summed E-state index contributed by atoms with van der Waals surface area (Å²) in [5, 5.41) is 7.13. The van der Waals surface area contributed by atoms with Gasteiger partial charge in [0.15, 0.2) is 5.96 Å². The van der Waals surface area contributed by atoms with E-state index >= 15 is 0 Å². The highest BCUT2D eigenvalue weighted by molar-refractivity contribution is 14.0. The summed E-state index contributed by atoms with van der Waals surface area (Å²) < 4.78 is 0. The summed E-state index contributed by atoms with van der Waals surface area (Å²) in [6, 6.07) is 11.9. The molecule has 0 aromatic heterocycles. The number of unbranched alkanes of at least 4 members (excludes halogenated alkanes) is 1. The van der Waals surface area contributed by atoms with Crippen LogP contribution in [0.3, 0.4) is 0 Å². The van der Waals surface area contributed by atoms with Crippen molar-refractivity contribution in [1.29, 1.82) is 0 Å². The Bertz CT molecular complexity index is 576. The van der Waals surface area contributed by atoms with Gasteiger partial charge in [0.25, 0.3) is 0 Å².